The summed E-state index contributed by atoms with van der Waals surface area (Å²) in [6.45, 7) is 3.89. The number of nitriles is 1. The summed E-state index contributed by atoms with van der Waals surface area (Å²) < 4.78 is 5.64. The van der Waals surface area contributed by atoms with Crippen molar-refractivity contribution in [2.24, 2.45) is 0 Å². The van der Waals surface area contributed by atoms with Crippen LogP contribution in [0, 0.1) is 25.2 Å². The van der Waals surface area contributed by atoms with Gasteiger partial charge in [-0.3, -0.25) is 9.59 Å². The zero-order valence-corrected chi connectivity index (χ0v) is 18.9. The Morgan fingerprint density at radius 1 is 1.18 bits per heavy atom. The van der Waals surface area contributed by atoms with Gasteiger partial charge in [0.15, 0.2) is 6.61 Å². The predicted octanol–water partition coefficient (Wildman–Crippen LogP) is 3.03. The number of likely N-dealkylation sites (tertiary alicyclic amines) is 1. The molecule has 8 nitrogen and oxygen atoms in total. The Kier molecular flexibility index (Phi) is 5.02. The summed E-state index contributed by atoms with van der Waals surface area (Å²) in [5.41, 5.74) is 2.23. The molecule has 0 saturated carbocycles. The third kappa shape index (κ3) is 3.23. The average Bonchev–Trinajstić information content (AvgIpc) is 3.47. The molecule has 0 aliphatic carbocycles. The summed E-state index contributed by atoms with van der Waals surface area (Å²) in [5, 5.41) is 9.40. The fraction of sp³-hybridized carbons (Fsp3) is 0.333. The number of hydrogen-bond donors (Lipinski definition) is 0. The van der Waals surface area contributed by atoms with Gasteiger partial charge in [0.1, 0.15) is 17.9 Å². The van der Waals surface area contributed by atoms with E-state index in [-0.39, 0.29) is 41.1 Å². The quantitative estimate of drug-likeness (QED) is 0.648. The Morgan fingerprint density at radius 3 is 2.61 bits per heavy atom. The van der Waals surface area contributed by atoms with Crippen molar-refractivity contribution in [1.82, 2.24) is 9.80 Å². The largest absolute Gasteiger partial charge is 0.484 e. The second-order valence-electron chi connectivity index (χ2n) is 8.60. The van der Waals surface area contributed by atoms with E-state index in [9.17, 15) is 19.6 Å². The molecule has 3 fully saturated rings. The number of nitrogens with zero attached hydrogens (tertiary/aromatic N) is 4. The van der Waals surface area contributed by atoms with Crippen LogP contribution in [-0.2, 0) is 9.59 Å². The molecule has 2 aromatic carbocycles. The minimum Gasteiger partial charge on any atom is -0.484 e. The highest BCUT2D eigenvalue weighted by atomic mass is 35.5. The zero-order chi connectivity index (χ0) is 23.4. The highest BCUT2D eigenvalue weighted by molar-refractivity contribution is 6.33. The fourth-order valence-electron chi connectivity index (χ4n) is 5.03. The number of piperazine rings is 1. The molecular formula is C24H21ClN4O4. The number of aryl methyl sites for hydroxylation is 1. The summed E-state index contributed by atoms with van der Waals surface area (Å²) in [4.78, 5) is 43.9. The van der Waals surface area contributed by atoms with E-state index in [4.69, 9.17) is 16.3 Å². The first kappa shape index (κ1) is 21.3. The van der Waals surface area contributed by atoms with E-state index < -0.39 is 12.1 Å². The van der Waals surface area contributed by atoms with Crippen molar-refractivity contribution in [3.8, 4) is 11.8 Å². The summed E-state index contributed by atoms with van der Waals surface area (Å²) in [5.74, 6) is 0.0127. The summed E-state index contributed by atoms with van der Waals surface area (Å²) >= 11 is 6.27. The number of urea groups is 1. The Morgan fingerprint density at radius 2 is 1.91 bits per heavy atom. The van der Waals surface area contributed by atoms with Crippen LogP contribution in [-0.4, -0.2) is 58.9 Å². The minimum atomic E-state index is -0.728. The van der Waals surface area contributed by atoms with Crippen LogP contribution in [0.3, 0.4) is 0 Å². The number of amides is 4. The van der Waals surface area contributed by atoms with Crippen molar-refractivity contribution in [1.29, 1.82) is 5.26 Å². The van der Waals surface area contributed by atoms with Gasteiger partial charge in [-0.15, -0.1) is 0 Å². The van der Waals surface area contributed by atoms with Gasteiger partial charge < -0.3 is 14.5 Å². The Balaban J connectivity index is 1.35. The molecule has 0 spiro atoms. The molecule has 3 aliphatic rings. The van der Waals surface area contributed by atoms with Gasteiger partial charge in [0, 0.05) is 6.54 Å². The SMILES string of the molecule is Cc1ccc(OCC(=O)N2CC3CC2[C@H]2C(=O)N(c4ccc(C#N)c(Cl)c4C)C(=O)N32)cc1. The van der Waals surface area contributed by atoms with Crippen LogP contribution in [0.2, 0.25) is 5.02 Å². The molecule has 0 radical (unpaired) electrons. The van der Waals surface area contributed by atoms with Crippen molar-refractivity contribution >= 4 is 35.1 Å². The van der Waals surface area contributed by atoms with E-state index in [1.165, 1.54) is 6.07 Å². The van der Waals surface area contributed by atoms with E-state index in [2.05, 4.69) is 0 Å². The molecule has 5 rings (SSSR count). The van der Waals surface area contributed by atoms with Crippen molar-refractivity contribution < 1.29 is 19.1 Å². The van der Waals surface area contributed by atoms with Gasteiger partial charge in [-0.05, 0) is 50.1 Å². The molecule has 4 amide bonds. The first-order valence-electron chi connectivity index (χ1n) is 10.7. The van der Waals surface area contributed by atoms with E-state index >= 15 is 0 Å². The molecule has 3 aliphatic heterocycles. The van der Waals surface area contributed by atoms with Crippen molar-refractivity contribution in [3.63, 3.8) is 0 Å². The van der Waals surface area contributed by atoms with Crippen LogP contribution < -0.4 is 9.64 Å². The second-order valence-corrected chi connectivity index (χ2v) is 8.97. The molecular weight excluding hydrogens is 444 g/mol. The second kappa shape index (κ2) is 7.78. The van der Waals surface area contributed by atoms with E-state index in [1.54, 1.807) is 22.8 Å². The number of rotatable bonds is 4. The molecule has 0 N–H and O–H groups in total. The molecule has 3 atom stereocenters. The van der Waals surface area contributed by atoms with Gasteiger partial charge >= 0.3 is 6.03 Å². The van der Waals surface area contributed by atoms with Crippen LogP contribution in [0.1, 0.15) is 23.1 Å². The van der Waals surface area contributed by atoms with E-state index in [1.807, 2.05) is 37.3 Å². The Labute approximate surface area is 195 Å². The van der Waals surface area contributed by atoms with Gasteiger partial charge in [0.2, 0.25) is 0 Å². The molecule has 2 bridgehead atoms. The van der Waals surface area contributed by atoms with Crippen LogP contribution in [0.15, 0.2) is 36.4 Å². The van der Waals surface area contributed by atoms with Gasteiger partial charge in [0.05, 0.1) is 28.4 Å². The number of carbonyl (C=O) groups excluding carboxylic acids is 3. The number of imide groups is 1. The molecule has 0 aromatic heterocycles. The van der Waals surface area contributed by atoms with Crippen LogP contribution >= 0.6 is 11.6 Å². The Bertz CT molecular complexity index is 1220. The average molecular weight is 465 g/mol. The van der Waals surface area contributed by atoms with Gasteiger partial charge in [-0.1, -0.05) is 29.3 Å². The predicted molar refractivity (Wildman–Crippen MR) is 120 cm³/mol. The molecule has 168 valence electrons. The molecule has 9 heteroatoms. The number of fused-ring (bicyclic) bond motifs is 5. The van der Waals surface area contributed by atoms with Crippen LogP contribution in [0.5, 0.6) is 5.75 Å². The molecule has 2 unspecified atom stereocenters. The maximum Gasteiger partial charge on any atom is 0.332 e. The maximum atomic E-state index is 13.4. The number of ether oxygens (including phenoxy) is 1. The number of benzene rings is 2. The van der Waals surface area contributed by atoms with Crippen LogP contribution in [0.4, 0.5) is 10.5 Å². The number of anilines is 1. The highest BCUT2D eigenvalue weighted by Crippen LogP contribution is 2.43. The van der Waals surface area contributed by atoms with Gasteiger partial charge in [0.25, 0.3) is 11.8 Å². The monoisotopic (exact) mass is 464 g/mol. The van der Waals surface area contributed by atoms with E-state index in [0.29, 0.717) is 30.0 Å². The first-order valence-corrected chi connectivity index (χ1v) is 11.0. The van der Waals surface area contributed by atoms with Crippen LogP contribution in [0.25, 0.3) is 0 Å². The maximum absolute atomic E-state index is 13.4. The van der Waals surface area contributed by atoms with Gasteiger partial charge in [-0.2, -0.15) is 5.26 Å². The Hall–Kier alpha value is -3.57. The third-order valence-electron chi connectivity index (χ3n) is 6.69. The zero-order valence-electron chi connectivity index (χ0n) is 18.1. The lowest BCUT2D eigenvalue weighted by Crippen LogP contribution is -2.55. The highest BCUT2D eigenvalue weighted by Gasteiger charge is 2.63. The molecule has 3 heterocycles. The third-order valence-corrected chi connectivity index (χ3v) is 7.17. The number of hydrogen-bond acceptors (Lipinski definition) is 5. The number of halogens is 1. The molecule has 3 saturated heterocycles. The molecule has 33 heavy (non-hydrogen) atoms. The molecule has 2 aromatic rings. The number of carbonyl (C=O) groups is 3. The summed E-state index contributed by atoms with van der Waals surface area (Å²) in [6, 6.07) is 10.7. The lowest BCUT2D eigenvalue weighted by atomic mass is 10.1. The smallest absolute Gasteiger partial charge is 0.332 e. The minimum absolute atomic E-state index is 0.130. The van der Waals surface area contributed by atoms with Crippen molar-refractivity contribution in [2.75, 3.05) is 18.1 Å². The normalized spacial score (nSPS) is 23.2. The summed E-state index contributed by atoms with van der Waals surface area (Å²) in [6.07, 6.45) is 0.569. The lowest BCUT2D eigenvalue weighted by Gasteiger charge is -2.34. The standard InChI is InChI=1S/C24H21ClN4O4/c1-13-3-6-17(7-4-13)33-12-20(30)27-11-16-9-19(27)22-23(31)29(24(32)28(16)22)18-8-5-15(10-26)21(25)14(18)2/h3-8,16,19,22H,9,11-12H2,1-2H3/t16?,19?,22-/m0/s1. The van der Waals surface area contributed by atoms with Gasteiger partial charge in [-0.25, -0.2) is 9.69 Å². The lowest BCUT2D eigenvalue weighted by molar-refractivity contribution is -0.137. The summed E-state index contributed by atoms with van der Waals surface area (Å²) in [7, 11) is 0. The fourth-order valence-corrected chi connectivity index (χ4v) is 5.23. The van der Waals surface area contributed by atoms with Crippen molar-refractivity contribution in [2.45, 2.75) is 38.4 Å². The topological polar surface area (TPSA) is 94.0 Å². The van der Waals surface area contributed by atoms with E-state index in [0.717, 1.165) is 10.5 Å². The first-order chi connectivity index (χ1) is 15.8. The van der Waals surface area contributed by atoms with Crippen molar-refractivity contribution in [3.05, 3.63) is 58.1 Å².